The van der Waals surface area contributed by atoms with E-state index in [1.807, 2.05) is 6.07 Å². The standard InChI is InChI=1S/C25H38N4O7/c1-24(2,3)35-22(33)17(12-13-19(26)30)29-21(32)18(14-16-10-8-7-9-11-16)28-20(31)15-27-23(34)36-25(4,5)6/h7-11,17-18H,12-15H2,1-6H3,(H2,26,30)(H,27,34)(H,28,31)(H,29,32)/t17-,18-/m0/s1. The number of carbonyl (C=O) groups excluding carboxylic acids is 5. The summed E-state index contributed by atoms with van der Waals surface area (Å²) in [6.45, 7) is 9.66. The first-order chi connectivity index (χ1) is 16.6. The Bertz CT molecular complexity index is 921. The molecule has 11 heteroatoms. The number of carbonyl (C=O) groups is 5. The minimum Gasteiger partial charge on any atom is -0.458 e. The highest BCUT2D eigenvalue weighted by Crippen LogP contribution is 2.12. The normalized spacial score (nSPS) is 13.1. The number of nitrogens with one attached hydrogen (secondary N) is 3. The topological polar surface area (TPSA) is 166 Å². The Morgan fingerprint density at radius 2 is 1.44 bits per heavy atom. The number of nitrogens with two attached hydrogens (primary N) is 1. The minimum absolute atomic E-state index is 0.0673. The molecule has 0 aliphatic carbocycles. The van der Waals surface area contributed by atoms with E-state index < -0.39 is 59.6 Å². The van der Waals surface area contributed by atoms with Crippen LogP contribution in [0.3, 0.4) is 0 Å². The van der Waals surface area contributed by atoms with Crippen LogP contribution in [0.2, 0.25) is 0 Å². The van der Waals surface area contributed by atoms with Crippen molar-refractivity contribution in [2.75, 3.05) is 6.54 Å². The lowest BCUT2D eigenvalue weighted by Crippen LogP contribution is -2.54. The van der Waals surface area contributed by atoms with Crippen LogP contribution in [-0.2, 0) is 35.1 Å². The van der Waals surface area contributed by atoms with Crippen LogP contribution in [0.1, 0.15) is 59.9 Å². The molecule has 0 saturated heterocycles. The number of amides is 4. The fourth-order valence-corrected chi connectivity index (χ4v) is 2.95. The predicted octanol–water partition coefficient (Wildman–Crippen LogP) is 1.33. The third kappa shape index (κ3) is 13.3. The maximum atomic E-state index is 13.2. The zero-order valence-electron chi connectivity index (χ0n) is 21.8. The number of ether oxygens (including phenoxy) is 2. The van der Waals surface area contributed by atoms with E-state index in [1.165, 1.54) is 0 Å². The molecule has 36 heavy (non-hydrogen) atoms. The Labute approximate surface area is 211 Å². The molecule has 0 heterocycles. The highest BCUT2D eigenvalue weighted by Gasteiger charge is 2.30. The lowest BCUT2D eigenvalue weighted by molar-refractivity contribution is -0.159. The molecule has 4 amide bonds. The summed E-state index contributed by atoms with van der Waals surface area (Å²) >= 11 is 0. The largest absolute Gasteiger partial charge is 0.458 e. The molecule has 1 aromatic carbocycles. The van der Waals surface area contributed by atoms with E-state index >= 15 is 0 Å². The summed E-state index contributed by atoms with van der Waals surface area (Å²) in [6.07, 6.45) is -0.887. The van der Waals surface area contributed by atoms with Crippen molar-refractivity contribution in [1.82, 2.24) is 16.0 Å². The molecule has 11 nitrogen and oxygen atoms in total. The third-order valence-corrected chi connectivity index (χ3v) is 4.41. The molecule has 200 valence electrons. The fourth-order valence-electron chi connectivity index (χ4n) is 2.95. The van der Waals surface area contributed by atoms with Crippen molar-refractivity contribution in [1.29, 1.82) is 0 Å². The predicted molar refractivity (Wildman–Crippen MR) is 133 cm³/mol. The summed E-state index contributed by atoms with van der Waals surface area (Å²) in [4.78, 5) is 61.5. The van der Waals surface area contributed by atoms with E-state index in [1.54, 1.807) is 65.8 Å². The lowest BCUT2D eigenvalue weighted by Gasteiger charge is -2.26. The van der Waals surface area contributed by atoms with E-state index in [-0.39, 0.29) is 19.3 Å². The number of alkyl carbamates (subject to hydrolysis) is 1. The summed E-state index contributed by atoms with van der Waals surface area (Å²) in [5.74, 6) is -2.67. The molecule has 1 rings (SSSR count). The van der Waals surface area contributed by atoms with Gasteiger partial charge in [0.05, 0.1) is 0 Å². The van der Waals surface area contributed by atoms with Crippen molar-refractivity contribution in [3.63, 3.8) is 0 Å². The van der Waals surface area contributed by atoms with E-state index in [2.05, 4.69) is 16.0 Å². The van der Waals surface area contributed by atoms with Crippen molar-refractivity contribution in [2.45, 2.75) is 84.1 Å². The maximum Gasteiger partial charge on any atom is 0.408 e. The van der Waals surface area contributed by atoms with Gasteiger partial charge in [0.15, 0.2) is 0 Å². The molecule has 0 bridgehead atoms. The van der Waals surface area contributed by atoms with Gasteiger partial charge in [-0.1, -0.05) is 30.3 Å². The van der Waals surface area contributed by atoms with Crippen LogP contribution in [0.4, 0.5) is 4.79 Å². The van der Waals surface area contributed by atoms with Gasteiger partial charge in [-0.25, -0.2) is 9.59 Å². The van der Waals surface area contributed by atoms with Crippen LogP contribution < -0.4 is 21.7 Å². The second-order valence-electron chi connectivity index (χ2n) is 10.3. The van der Waals surface area contributed by atoms with Crippen molar-refractivity contribution in [3.05, 3.63) is 35.9 Å². The number of benzene rings is 1. The van der Waals surface area contributed by atoms with Crippen LogP contribution in [0.15, 0.2) is 30.3 Å². The molecule has 0 unspecified atom stereocenters. The van der Waals surface area contributed by atoms with Crippen LogP contribution in [0.25, 0.3) is 0 Å². The van der Waals surface area contributed by atoms with E-state index in [4.69, 9.17) is 15.2 Å². The van der Waals surface area contributed by atoms with Gasteiger partial charge in [0, 0.05) is 12.8 Å². The number of rotatable bonds is 11. The molecule has 0 aliphatic rings. The van der Waals surface area contributed by atoms with E-state index in [9.17, 15) is 24.0 Å². The highest BCUT2D eigenvalue weighted by atomic mass is 16.6. The summed E-state index contributed by atoms with van der Waals surface area (Å²) < 4.78 is 10.5. The second kappa shape index (κ2) is 13.5. The first-order valence-corrected chi connectivity index (χ1v) is 11.7. The molecule has 5 N–H and O–H groups in total. The molecule has 0 saturated carbocycles. The van der Waals surface area contributed by atoms with Crippen LogP contribution >= 0.6 is 0 Å². The molecule has 1 aromatic rings. The number of hydrogen-bond acceptors (Lipinski definition) is 7. The van der Waals surface area contributed by atoms with Gasteiger partial charge in [-0.05, 0) is 53.5 Å². The summed E-state index contributed by atoms with van der Waals surface area (Å²) in [5, 5.41) is 7.48. The lowest BCUT2D eigenvalue weighted by atomic mass is 10.0. The first kappa shape index (κ1) is 30.4. The number of primary amides is 1. The Morgan fingerprint density at radius 1 is 0.861 bits per heavy atom. The Balaban J connectivity index is 2.98. The average molecular weight is 507 g/mol. The molecular formula is C25H38N4O7. The average Bonchev–Trinajstić information content (AvgIpc) is 2.72. The zero-order chi connectivity index (χ0) is 27.5. The van der Waals surface area contributed by atoms with Gasteiger partial charge in [-0.2, -0.15) is 0 Å². The van der Waals surface area contributed by atoms with Crippen LogP contribution in [0, 0.1) is 0 Å². The van der Waals surface area contributed by atoms with Crippen molar-refractivity contribution >= 4 is 29.8 Å². The van der Waals surface area contributed by atoms with Crippen molar-refractivity contribution in [2.24, 2.45) is 5.73 Å². The molecule has 2 atom stereocenters. The van der Waals surface area contributed by atoms with Crippen molar-refractivity contribution in [3.8, 4) is 0 Å². The first-order valence-electron chi connectivity index (χ1n) is 11.7. The zero-order valence-corrected chi connectivity index (χ0v) is 21.8. The van der Waals surface area contributed by atoms with Crippen molar-refractivity contribution < 1.29 is 33.4 Å². The number of hydrogen-bond donors (Lipinski definition) is 4. The third-order valence-electron chi connectivity index (χ3n) is 4.41. The van der Waals surface area contributed by atoms with E-state index in [0.717, 1.165) is 5.56 Å². The maximum absolute atomic E-state index is 13.2. The molecule has 0 radical (unpaired) electrons. The quantitative estimate of drug-likeness (QED) is 0.329. The molecule has 0 spiro atoms. The van der Waals surface area contributed by atoms with Gasteiger partial charge < -0.3 is 31.2 Å². The van der Waals surface area contributed by atoms with Gasteiger partial charge >= 0.3 is 12.1 Å². The Morgan fingerprint density at radius 3 is 1.97 bits per heavy atom. The number of esters is 1. The van der Waals surface area contributed by atoms with Gasteiger partial charge in [-0.3, -0.25) is 14.4 Å². The molecular weight excluding hydrogens is 468 g/mol. The molecule has 0 aliphatic heterocycles. The SMILES string of the molecule is CC(C)(C)OC(=O)NCC(=O)N[C@@H](Cc1ccccc1)C(=O)N[C@@H](CCC(N)=O)C(=O)OC(C)(C)C. The monoisotopic (exact) mass is 506 g/mol. The fraction of sp³-hybridized carbons (Fsp3) is 0.560. The van der Waals surface area contributed by atoms with E-state index in [0.29, 0.717) is 0 Å². The van der Waals surface area contributed by atoms with Gasteiger partial charge in [-0.15, -0.1) is 0 Å². The van der Waals surface area contributed by atoms with Gasteiger partial charge in [0.1, 0.15) is 29.8 Å². The van der Waals surface area contributed by atoms with Gasteiger partial charge in [0.2, 0.25) is 17.7 Å². The summed E-state index contributed by atoms with van der Waals surface area (Å²) in [7, 11) is 0. The molecule has 0 aromatic heterocycles. The highest BCUT2D eigenvalue weighted by molar-refractivity contribution is 5.92. The Hall–Kier alpha value is -3.63. The second-order valence-corrected chi connectivity index (χ2v) is 10.3. The Kier molecular flexibility index (Phi) is 11.4. The van der Waals surface area contributed by atoms with Crippen LogP contribution in [0.5, 0.6) is 0 Å². The summed E-state index contributed by atoms with van der Waals surface area (Å²) in [5.41, 5.74) is 4.41. The van der Waals surface area contributed by atoms with Gasteiger partial charge in [0.25, 0.3) is 0 Å². The van der Waals surface area contributed by atoms with Crippen LogP contribution in [-0.4, -0.2) is 59.6 Å². The minimum atomic E-state index is -1.15. The smallest absolute Gasteiger partial charge is 0.408 e. The molecule has 0 fully saturated rings. The summed E-state index contributed by atoms with van der Waals surface area (Å²) in [6, 6.07) is 6.70.